The monoisotopic (exact) mass is 321 g/mol. The third-order valence-corrected chi connectivity index (χ3v) is 4.27. The van der Waals surface area contributed by atoms with E-state index in [1.807, 2.05) is 32.0 Å². The van der Waals surface area contributed by atoms with Gasteiger partial charge in [0.1, 0.15) is 11.8 Å². The fourth-order valence-electron chi connectivity index (χ4n) is 2.74. The molecule has 1 atom stereocenters. The first-order valence-electron chi connectivity index (χ1n) is 7.87. The van der Waals surface area contributed by atoms with E-state index in [0.717, 1.165) is 38.3 Å². The molecule has 4 nitrogen and oxygen atoms in total. The summed E-state index contributed by atoms with van der Waals surface area (Å²) in [7, 11) is 0. The van der Waals surface area contributed by atoms with Crippen LogP contribution in [0.1, 0.15) is 32.4 Å². The van der Waals surface area contributed by atoms with Gasteiger partial charge in [0.15, 0.2) is 0 Å². The smallest absolute Gasteiger partial charge is 0.138 e. The average molecular weight is 322 g/mol. The van der Waals surface area contributed by atoms with Crippen molar-refractivity contribution in [3.05, 3.63) is 28.8 Å². The minimum atomic E-state index is -0.246. The molecule has 1 fully saturated rings. The van der Waals surface area contributed by atoms with Crippen LogP contribution >= 0.6 is 11.6 Å². The highest BCUT2D eigenvalue weighted by atomic mass is 35.5. The number of rotatable bonds is 5. The van der Waals surface area contributed by atoms with E-state index in [9.17, 15) is 5.26 Å². The summed E-state index contributed by atoms with van der Waals surface area (Å²) in [6.07, 6.45) is 0.0808. The van der Waals surface area contributed by atoms with E-state index < -0.39 is 0 Å². The lowest BCUT2D eigenvalue weighted by molar-refractivity contribution is 0.118. The highest BCUT2D eigenvalue weighted by Crippen LogP contribution is 2.31. The minimum Gasteiger partial charge on any atom is -0.489 e. The Morgan fingerprint density at radius 1 is 1.27 bits per heavy atom. The van der Waals surface area contributed by atoms with Gasteiger partial charge in [-0.05, 0) is 38.1 Å². The van der Waals surface area contributed by atoms with Crippen LogP contribution < -0.4 is 4.74 Å². The van der Waals surface area contributed by atoms with E-state index in [-0.39, 0.29) is 12.1 Å². The van der Waals surface area contributed by atoms with E-state index in [0.29, 0.717) is 10.8 Å². The molecule has 0 radical (unpaired) electrons. The van der Waals surface area contributed by atoms with Crippen molar-refractivity contribution in [1.82, 2.24) is 9.80 Å². The summed E-state index contributed by atoms with van der Waals surface area (Å²) in [4.78, 5) is 4.62. The fourth-order valence-corrected chi connectivity index (χ4v) is 2.97. The number of hydrogen-bond acceptors (Lipinski definition) is 4. The van der Waals surface area contributed by atoms with Crippen LogP contribution in [-0.4, -0.2) is 48.6 Å². The largest absolute Gasteiger partial charge is 0.489 e. The highest BCUT2D eigenvalue weighted by Gasteiger charge is 2.25. The maximum absolute atomic E-state index is 9.58. The minimum absolute atomic E-state index is 0.0808. The highest BCUT2D eigenvalue weighted by molar-refractivity contribution is 6.32. The number of nitriles is 1. The van der Waals surface area contributed by atoms with E-state index in [1.165, 1.54) is 0 Å². The Bertz CT molecular complexity index is 533. The zero-order chi connectivity index (χ0) is 16.1. The SMILES string of the molecule is CCN1CCN(C(C#N)c2ccc(OC(C)C)c(Cl)c2)CC1. The first-order chi connectivity index (χ1) is 10.5. The molecule has 120 valence electrons. The van der Waals surface area contributed by atoms with E-state index >= 15 is 0 Å². The number of likely N-dealkylation sites (N-methyl/N-ethyl adjacent to an activating group) is 1. The molecule has 0 saturated carbocycles. The summed E-state index contributed by atoms with van der Waals surface area (Å²) in [5.74, 6) is 0.674. The quantitative estimate of drug-likeness (QED) is 0.834. The maximum atomic E-state index is 9.58. The lowest BCUT2D eigenvalue weighted by Crippen LogP contribution is -2.47. The maximum Gasteiger partial charge on any atom is 0.138 e. The van der Waals surface area contributed by atoms with Gasteiger partial charge in [-0.15, -0.1) is 0 Å². The first-order valence-corrected chi connectivity index (χ1v) is 8.25. The predicted molar refractivity (Wildman–Crippen MR) is 89.3 cm³/mol. The van der Waals surface area contributed by atoms with Crippen LogP contribution in [0, 0.1) is 11.3 Å². The van der Waals surface area contributed by atoms with Crippen molar-refractivity contribution >= 4 is 11.6 Å². The van der Waals surface area contributed by atoms with Crippen LogP contribution in [-0.2, 0) is 0 Å². The second-order valence-corrected chi connectivity index (χ2v) is 6.27. The molecule has 1 aliphatic heterocycles. The molecule has 0 N–H and O–H groups in total. The zero-order valence-corrected chi connectivity index (χ0v) is 14.3. The second-order valence-electron chi connectivity index (χ2n) is 5.86. The molecular weight excluding hydrogens is 298 g/mol. The van der Waals surface area contributed by atoms with E-state index in [4.69, 9.17) is 16.3 Å². The van der Waals surface area contributed by atoms with Gasteiger partial charge in [0.2, 0.25) is 0 Å². The van der Waals surface area contributed by atoms with Crippen LogP contribution in [0.5, 0.6) is 5.75 Å². The van der Waals surface area contributed by atoms with Crippen molar-refractivity contribution < 1.29 is 4.74 Å². The average Bonchev–Trinajstić information content (AvgIpc) is 2.51. The second kappa shape index (κ2) is 7.82. The number of benzene rings is 1. The molecule has 0 bridgehead atoms. The number of piperazine rings is 1. The standard InChI is InChI=1S/C17H24ClN3O/c1-4-20-7-9-21(10-8-20)16(12-19)14-5-6-17(15(18)11-14)22-13(2)3/h5-6,11,13,16H,4,7-10H2,1-3H3. The van der Waals surface area contributed by atoms with Crippen molar-refractivity contribution in [2.24, 2.45) is 0 Å². The van der Waals surface area contributed by atoms with E-state index in [1.54, 1.807) is 0 Å². The third kappa shape index (κ3) is 4.13. The Kier molecular flexibility index (Phi) is 6.07. The third-order valence-electron chi connectivity index (χ3n) is 3.98. The molecule has 1 aliphatic rings. The van der Waals surface area contributed by atoms with Crippen LogP contribution in [0.15, 0.2) is 18.2 Å². The Balaban J connectivity index is 2.11. The molecule has 0 amide bonds. The molecule has 5 heteroatoms. The number of hydrogen-bond donors (Lipinski definition) is 0. The Hall–Kier alpha value is -1.28. The lowest BCUT2D eigenvalue weighted by Gasteiger charge is -2.36. The molecule has 0 aliphatic carbocycles. The van der Waals surface area contributed by atoms with Gasteiger partial charge in [-0.3, -0.25) is 4.90 Å². The fraction of sp³-hybridized carbons (Fsp3) is 0.588. The molecule has 1 heterocycles. The van der Waals surface area contributed by atoms with Crippen molar-refractivity contribution in [2.45, 2.75) is 32.9 Å². The van der Waals surface area contributed by atoms with Crippen LogP contribution in [0.3, 0.4) is 0 Å². The molecule has 1 saturated heterocycles. The van der Waals surface area contributed by atoms with Crippen molar-refractivity contribution in [3.8, 4) is 11.8 Å². The van der Waals surface area contributed by atoms with Crippen molar-refractivity contribution in [3.63, 3.8) is 0 Å². The molecule has 22 heavy (non-hydrogen) atoms. The topological polar surface area (TPSA) is 39.5 Å². The Labute approximate surface area is 138 Å². The normalized spacial score (nSPS) is 18.2. The van der Waals surface area contributed by atoms with Gasteiger partial charge >= 0.3 is 0 Å². The summed E-state index contributed by atoms with van der Waals surface area (Å²) in [5, 5.41) is 10.1. The lowest BCUT2D eigenvalue weighted by atomic mass is 10.1. The van der Waals surface area contributed by atoms with Crippen molar-refractivity contribution in [1.29, 1.82) is 5.26 Å². The molecule has 1 unspecified atom stereocenters. The number of ether oxygens (including phenoxy) is 1. The van der Waals surface area contributed by atoms with Gasteiger partial charge in [-0.1, -0.05) is 24.6 Å². The van der Waals surface area contributed by atoms with E-state index in [2.05, 4.69) is 22.8 Å². The molecule has 2 rings (SSSR count). The summed E-state index contributed by atoms with van der Waals surface area (Å²) >= 11 is 6.30. The van der Waals surface area contributed by atoms with Gasteiger partial charge in [0.05, 0.1) is 17.2 Å². The molecule has 0 aromatic heterocycles. The van der Waals surface area contributed by atoms with Gasteiger partial charge in [-0.2, -0.15) is 5.26 Å². The number of halogens is 1. The van der Waals surface area contributed by atoms with Gasteiger partial charge < -0.3 is 9.64 Å². The van der Waals surface area contributed by atoms with Gasteiger partial charge in [0, 0.05) is 26.2 Å². The Morgan fingerprint density at radius 2 is 1.95 bits per heavy atom. The molecule has 1 aromatic rings. The van der Waals surface area contributed by atoms with Gasteiger partial charge in [-0.25, -0.2) is 0 Å². The molecular formula is C17H24ClN3O. The van der Waals surface area contributed by atoms with Crippen molar-refractivity contribution in [2.75, 3.05) is 32.7 Å². The Morgan fingerprint density at radius 3 is 2.45 bits per heavy atom. The molecule has 1 aromatic carbocycles. The summed E-state index contributed by atoms with van der Waals surface area (Å²) in [5.41, 5.74) is 0.938. The summed E-state index contributed by atoms with van der Waals surface area (Å²) < 4.78 is 5.65. The first kappa shape index (κ1) is 17.1. The van der Waals surface area contributed by atoms with Gasteiger partial charge in [0.25, 0.3) is 0 Å². The summed E-state index contributed by atoms with van der Waals surface area (Å²) in [6.45, 7) is 11.0. The van der Waals surface area contributed by atoms with Crippen LogP contribution in [0.25, 0.3) is 0 Å². The van der Waals surface area contributed by atoms with Crippen LogP contribution in [0.4, 0.5) is 0 Å². The number of nitrogens with zero attached hydrogens (tertiary/aromatic N) is 3. The molecule has 0 spiro atoms. The zero-order valence-electron chi connectivity index (χ0n) is 13.6. The summed E-state index contributed by atoms with van der Waals surface area (Å²) in [6, 6.07) is 7.84. The van der Waals surface area contributed by atoms with Crippen LogP contribution in [0.2, 0.25) is 5.02 Å². The predicted octanol–water partition coefficient (Wildman–Crippen LogP) is 3.33.